The molecule has 0 aliphatic heterocycles. The van der Waals surface area contributed by atoms with Gasteiger partial charge in [-0.3, -0.25) is 0 Å². The minimum atomic E-state index is 0.0852. The molecule has 0 aliphatic rings. The van der Waals surface area contributed by atoms with E-state index < -0.39 is 0 Å². The van der Waals surface area contributed by atoms with E-state index in [9.17, 15) is 0 Å². The molecule has 0 unspecified atom stereocenters. The fourth-order valence-electron chi connectivity index (χ4n) is 6.30. The molecule has 0 spiro atoms. The standard InChI is InChI=1S/C41H25N3Se/c1-3-10-26(11-4-1)27-18-22-31(23-19-27)40-42-39(30-13-5-2-6-14-30)43-41(44-40)35-17-9-16-33-34-25-24-29-21-20-28-12-7-8-15-32(28)36(29)38(34)45-37(33)35/h1-25H. The first-order chi connectivity index (χ1) is 22.3. The van der Waals surface area contributed by atoms with Gasteiger partial charge in [-0.25, -0.2) is 0 Å². The quantitative estimate of drug-likeness (QED) is 0.142. The second kappa shape index (κ2) is 10.6. The van der Waals surface area contributed by atoms with Crippen LogP contribution in [0.2, 0.25) is 0 Å². The van der Waals surface area contributed by atoms with Crippen LogP contribution in [0, 0.1) is 0 Å². The molecule has 0 N–H and O–H groups in total. The van der Waals surface area contributed by atoms with E-state index in [-0.39, 0.29) is 14.5 Å². The zero-order valence-corrected chi connectivity index (χ0v) is 25.9. The van der Waals surface area contributed by atoms with Crippen LogP contribution in [0.1, 0.15) is 0 Å². The Hall–Kier alpha value is -5.41. The fraction of sp³-hybridized carbons (Fsp3) is 0. The Morgan fingerprint density at radius 3 is 1.64 bits per heavy atom. The molecule has 7 aromatic carbocycles. The molecule has 0 aliphatic carbocycles. The number of hydrogen-bond acceptors (Lipinski definition) is 3. The van der Waals surface area contributed by atoms with Crippen LogP contribution in [0.5, 0.6) is 0 Å². The van der Waals surface area contributed by atoms with Crippen LogP contribution in [-0.4, -0.2) is 29.5 Å². The molecule has 4 heteroatoms. The molecular formula is C41H25N3Se. The summed E-state index contributed by atoms with van der Waals surface area (Å²) in [6, 6.07) is 53.5. The van der Waals surface area contributed by atoms with Crippen LogP contribution in [0.15, 0.2) is 152 Å². The number of nitrogens with zero attached hydrogens (tertiary/aromatic N) is 3. The number of benzene rings is 7. The molecule has 2 heterocycles. The molecule has 9 rings (SSSR count). The molecule has 0 atom stereocenters. The maximum absolute atomic E-state index is 5.14. The predicted octanol–water partition coefficient (Wildman–Crippen LogP) is 10.2. The van der Waals surface area contributed by atoms with Gasteiger partial charge in [0.05, 0.1) is 0 Å². The SMILES string of the molecule is c1ccc(-c2ccc(-c3nc(-c4ccccc4)nc(-c4cccc5c4[se]c4c5ccc5ccc6ccccc6c54)n3)cc2)cc1. The summed E-state index contributed by atoms with van der Waals surface area (Å²) >= 11 is 0.0852. The summed E-state index contributed by atoms with van der Waals surface area (Å²) in [5.74, 6) is 2.07. The van der Waals surface area contributed by atoms with Gasteiger partial charge >= 0.3 is 261 Å². The van der Waals surface area contributed by atoms with Gasteiger partial charge < -0.3 is 0 Å². The summed E-state index contributed by atoms with van der Waals surface area (Å²) in [6.45, 7) is 0. The van der Waals surface area contributed by atoms with Gasteiger partial charge in [-0.1, -0.05) is 6.07 Å². The van der Waals surface area contributed by atoms with Crippen molar-refractivity contribution in [1.29, 1.82) is 0 Å². The van der Waals surface area contributed by atoms with Crippen molar-refractivity contribution >= 4 is 55.3 Å². The first-order valence-electron chi connectivity index (χ1n) is 15.0. The van der Waals surface area contributed by atoms with Crippen molar-refractivity contribution in [2.75, 3.05) is 0 Å². The second-order valence-electron chi connectivity index (χ2n) is 11.2. The summed E-state index contributed by atoms with van der Waals surface area (Å²) in [5, 5.41) is 7.86. The van der Waals surface area contributed by atoms with Crippen LogP contribution in [-0.2, 0) is 0 Å². The Balaban J connectivity index is 1.26. The van der Waals surface area contributed by atoms with E-state index in [1.165, 1.54) is 46.4 Å². The van der Waals surface area contributed by atoms with E-state index in [0.29, 0.717) is 17.5 Å². The molecular weight excluding hydrogens is 613 g/mol. The van der Waals surface area contributed by atoms with Crippen molar-refractivity contribution in [1.82, 2.24) is 15.0 Å². The van der Waals surface area contributed by atoms with E-state index in [1.54, 1.807) is 0 Å². The molecule has 9 aromatic rings. The monoisotopic (exact) mass is 639 g/mol. The Morgan fingerprint density at radius 2 is 0.867 bits per heavy atom. The zero-order chi connectivity index (χ0) is 29.7. The van der Waals surface area contributed by atoms with Crippen molar-refractivity contribution in [3.8, 4) is 45.3 Å². The van der Waals surface area contributed by atoms with Gasteiger partial charge in [0.25, 0.3) is 0 Å². The normalized spacial score (nSPS) is 11.6. The molecule has 0 fully saturated rings. The summed E-state index contributed by atoms with van der Waals surface area (Å²) in [6.07, 6.45) is 0. The van der Waals surface area contributed by atoms with Gasteiger partial charge in [-0.2, -0.15) is 0 Å². The summed E-state index contributed by atoms with van der Waals surface area (Å²) < 4.78 is 2.77. The third kappa shape index (κ3) is 4.46. The van der Waals surface area contributed by atoms with Crippen molar-refractivity contribution in [2.24, 2.45) is 0 Å². The number of fused-ring (bicyclic) bond motifs is 7. The van der Waals surface area contributed by atoms with E-state index in [0.717, 1.165) is 22.3 Å². The van der Waals surface area contributed by atoms with Crippen LogP contribution < -0.4 is 0 Å². The molecule has 2 aromatic heterocycles. The van der Waals surface area contributed by atoms with Gasteiger partial charge in [0, 0.05) is 0 Å². The Morgan fingerprint density at radius 1 is 0.333 bits per heavy atom. The topological polar surface area (TPSA) is 38.7 Å². The van der Waals surface area contributed by atoms with E-state index in [4.69, 9.17) is 15.0 Å². The molecule has 45 heavy (non-hydrogen) atoms. The van der Waals surface area contributed by atoms with Crippen molar-refractivity contribution in [3.05, 3.63) is 152 Å². The molecule has 0 amide bonds. The minimum absolute atomic E-state index is 0.0852. The first kappa shape index (κ1) is 26.0. The van der Waals surface area contributed by atoms with Crippen molar-refractivity contribution in [3.63, 3.8) is 0 Å². The fourth-order valence-corrected chi connectivity index (χ4v) is 9.20. The summed E-state index contributed by atoms with van der Waals surface area (Å²) in [4.78, 5) is 15.2. The van der Waals surface area contributed by atoms with Crippen molar-refractivity contribution < 1.29 is 0 Å². The van der Waals surface area contributed by atoms with Gasteiger partial charge in [0.1, 0.15) is 0 Å². The third-order valence-corrected chi connectivity index (χ3v) is 11.2. The van der Waals surface area contributed by atoms with Gasteiger partial charge in [-0.15, -0.1) is 0 Å². The average Bonchev–Trinajstić information content (AvgIpc) is 3.51. The van der Waals surface area contributed by atoms with Gasteiger partial charge in [-0.05, 0) is 0 Å². The Labute approximate surface area is 266 Å². The maximum atomic E-state index is 5.14. The average molecular weight is 639 g/mol. The molecule has 210 valence electrons. The third-order valence-electron chi connectivity index (χ3n) is 8.53. The summed E-state index contributed by atoms with van der Waals surface area (Å²) in [5.41, 5.74) is 5.38. The first-order valence-corrected chi connectivity index (χ1v) is 16.7. The number of hydrogen-bond donors (Lipinski definition) is 0. The predicted molar refractivity (Wildman–Crippen MR) is 189 cm³/mol. The Bertz CT molecular complexity index is 2520. The van der Waals surface area contributed by atoms with E-state index in [1.807, 2.05) is 24.3 Å². The molecule has 0 radical (unpaired) electrons. The van der Waals surface area contributed by atoms with E-state index >= 15 is 0 Å². The number of aromatic nitrogens is 3. The van der Waals surface area contributed by atoms with Crippen LogP contribution in [0.25, 0.3) is 86.1 Å². The van der Waals surface area contributed by atoms with E-state index in [2.05, 4.69) is 127 Å². The van der Waals surface area contributed by atoms with Crippen LogP contribution in [0.4, 0.5) is 0 Å². The van der Waals surface area contributed by atoms with Crippen molar-refractivity contribution in [2.45, 2.75) is 0 Å². The van der Waals surface area contributed by atoms with Gasteiger partial charge in [0.15, 0.2) is 0 Å². The Kier molecular flexibility index (Phi) is 6.15. The zero-order valence-electron chi connectivity index (χ0n) is 24.2. The molecule has 0 saturated heterocycles. The molecule has 0 bridgehead atoms. The molecule has 0 saturated carbocycles. The number of rotatable bonds is 4. The van der Waals surface area contributed by atoms with Crippen LogP contribution >= 0.6 is 0 Å². The summed E-state index contributed by atoms with van der Waals surface area (Å²) in [7, 11) is 0. The second-order valence-corrected chi connectivity index (χ2v) is 13.4. The molecule has 3 nitrogen and oxygen atoms in total. The van der Waals surface area contributed by atoms with Crippen LogP contribution in [0.3, 0.4) is 0 Å². The van der Waals surface area contributed by atoms with Gasteiger partial charge in [0.2, 0.25) is 0 Å².